The number of fused-ring (bicyclic) bond motifs is 1. The van der Waals surface area contributed by atoms with Crippen molar-refractivity contribution in [3.63, 3.8) is 0 Å². The maximum absolute atomic E-state index is 12.7. The van der Waals surface area contributed by atoms with Crippen LogP contribution in [-0.4, -0.2) is 49.6 Å². The van der Waals surface area contributed by atoms with Gasteiger partial charge in [0.2, 0.25) is 5.91 Å². The van der Waals surface area contributed by atoms with Crippen molar-refractivity contribution in [3.05, 3.63) is 29.8 Å². The fraction of sp³-hybridized carbons (Fsp3) is 0.562. The van der Waals surface area contributed by atoms with E-state index in [0.717, 1.165) is 44.7 Å². The molecular formula is C16H25Cl2N3O. The molecule has 0 aliphatic carbocycles. The zero-order valence-electron chi connectivity index (χ0n) is 13.0. The predicted octanol–water partition coefficient (Wildman–Crippen LogP) is 2.10. The molecule has 0 radical (unpaired) electrons. The number of hydrogen-bond donors (Lipinski definition) is 1. The third-order valence-corrected chi connectivity index (χ3v) is 4.36. The number of amides is 1. The summed E-state index contributed by atoms with van der Waals surface area (Å²) in [5, 5.41) is 3.33. The van der Waals surface area contributed by atoms with Crippen molar-refractivity contribution in [2.24, 2.45) is 0 Å². The topological polar surface area (TPSA) is 35.6 Å². The molecule has 1 atom stereocenters. The third kappa shape index (κ3) is 4.13. The minimum atomic E-state index is 0. The summed E-state index contributed by atoms with van der Waals surface area (Å²) in [4.78, 5) is 17.0. The van der Waals surface area contributed by atoms with Gasteiger partial charge in [-0.05, 0) is 31.4 Å². The molecule has 2 heterocycles. The summed E-state index contributed by atoms with van der Waals surface area (Å²) in [5.41, 5.74) is 2.42. The molecule has 3 rings (SSSR count). The van der Waals surface area contributed by atoms with Crippen LogP contribution in [0.3, 0.4) is 0 Å². The van der Waals surface area contributed by atoms with E-state index in [1.54, 1.807) is 0 Å². The van der Waals surface area contributed by atoms with Gasteiger partial charge in [0.1, 0.15) is 0 Å². The first-order valence-corrected chi connectivity index (χ1v) is 7.59. The molecule has 0 saturated carbocycles. The largest absolute Gasteiger partial charge is 0.314 e. The molecule has 22 heavy (non-hydrogen) atoms. The van der Waals surface area contributed by atoms with Crippen molar-refractivity contribution in [2.75, 3.05) is 37.6 Å². The van der Waals surface area contributed by atoms with Crippen LogP contribution in [0.4, 0.5) is 5.69 Å². The van der Waals surface area contributed by atoms with Crippen LogP contribution in [0, 0.1) is 0 Å². The van der Waals surface area contributed by atoms with Gasteiger partial charge in [-0.15, -0.1) is 24.8 Å². The van der Waals surface area contributed by atoms with Gasteiger partial charge in [0, 0.05) is 37.9 Å². The molecule has 124 valence electrons. The summed E-state index contributed by atoms with van der Waals surface area (Å²) >= 11 is 0. The second-order valence-corrected chi connectivity index (χ2v) is 5.81. The highest BCUT2D eigenvalue weighted by molar-refractivity contribution is 5.96. The van der Waals surface area contributed by atoms with Gasteiger partial charge in [0.05, 0.1) is 6.54 Å². The lowest BCUT2D eigenvalue weighted by atomic mass is 9.96. The molecule has 1 N–H and O–H groups in total. The lowest BCUT2D eigenvalue weighted by Gasteiger charge is -2.37. The highest BCUT2D eigenvalue weighted by Gasteiger charge is 2.28. The number of anilines is 1. The zero-order chi connectivity index (χ0) is 13.9. The van der Waals surface area contributed by atoms with E-state index in [2.05, 4.69) is 35.3 Å². The molecule has 6 heteroatoms. The molecule has 1 aromatic carbocycles. The van der Waals surface area contributed by atoms with E-state index in [0.29, 0.717) is 12.6 Å². The van der Waals surface area contributed by atoms with E-state index < -0.39 is 0 Å². The molecule has 1 amide bonds. The zero-order valence-corrected chi connectivity index (χ0v) is 14.6. The van der Waals surface area contributed by atoms with E-state index in [1.165, 1.54) is 5.56 Å². The highest BCUT2D eigenvalue weighted by atomic mass is 35.5. The lowest BCUT2D eigenvalue weighted by Crippen LogP contribution is -2.51. The molecule has 1 fully saturated rings. The molecule has 0 spiro atoms. The van der Waals surface area contributed by atoms with Gasteiger partial charge >= 0.3 is 0 Å². The Bertz CT molecular complexity index is 492. The summed E-state index contributed by atoms with van der Waals surface area (Å²) in [7, 11) is 0. The van der Waals surface area contributed by atoms with Gasteiger partial charge in [-0.25, -0.2) is 0 Å². The first kappa shape index (κ1) is 19.2. The second kappa shape index (κ2) is 8.73. The first-order chi connectivity index (χ1) is 9.75. The lowest BCUT2D eigenvalue weighted by molar-refractivity contribution is -0.120. The normalized spacial score (nSPS) is 21.3. The quantitative estimate of drug-likeness (QED) is 0.891. The number of halogens is 2. The molecule has 2 aliphatic heterocycles. The minimum absolute atomic E-state index is 0. The number of piperazine rings is 1. The highest BCUT2D eigenvalue weighted by Crippen LogP contribution is 2.30. The van der Waals surface area contributed by atoms with Crippen LogP contribution in [0.2, 0.25) is 0 Å². The summed E-state index contributed by atoms with van der Waals surface area (Å²) in [6.07, 6.45) is 2.14. The van der Waals surface area contributed by atoms with E-state index >= 15 is 0 Å². The predicted molar refractivity (Wildman–Crippen MR) is 95.5 cm³/mol. The third-order valence-electron chi connectivity index (χ3n) is 4.36. The second-order valence-electron chi connectivity index (χ2n) is 5.81. The maximum Gasteiger partial charge on any atom is 0.241 e. The Morgan fingerprint density at radius 3 is 2.64 bits per heavy atom. The first-order valence-electron chi connectivity index (χ1n) is 7.59. The summed E-state index contributed by atoms with van der Waals surface area (Å²) in [5.74, 6) is 0.242. The number of carbonyl (C=O) groups excluding carboxylic acids is 1. The van der Waals surface area contributed by atoms with E-state index in [9.17, 15) is 4.79 Å². The smallest absolute Gasteiger partial charge is 0.241 e. The van der Waals surface area contributed by atoms with Crippen LogP contribution in [0.1, 0.15) is 18.9 Å². The van der Waals surface area contributed by atoms with Crippen molar-refractivity contribution in [2.45, 2.75) is 25.8 Å². The van der Waals surface area contributed by atoms with Crippen molar-refractivity contribution >= 4 is 36.4 Å². The monoisotopic (exact) mass is 345 g/mol. The maximum atomic E-state index is 12.7. The standard InChI is InChI=1S/C16H23N3O.2ClH/c1-13-6-7-14-4-2-3-5-15(14)19(13)16(20)12-18-10-8-17-9-11-18;;/h2-5,13,17H,6-12H2,1H3;2*1H. The average Bonchev–Trinajstić information content (AvgIpc) is 2.48. The summed E-state index contributed by atoms with van der Waals surface area (Å²) < 4.78 is 0. The molecule has 0 bridgehead atoms. The Kier molecular flexibility index (Phi) is 7.63. The Morgan fingerprint density at radius 1 is 1.23 bits per heavy atom. The fourth-order valence-corrected chi connectivity index (χ4v) is 3.21. The van der Waals surface area contributed by atoms with Gasteiger partial charge in [0.15, 0.2) is 0 Å². The fourth-order valence-electron chi connectivity index (χ4n) is 3.21. The van der Waals surface area contributed by atoms with E-state index in [1.807, 2.05) is 11.0 Å². The van der Waals surface area contributed by atoms with Crippen molar-refractivity contribution < 1.29 is 4.79 Å². The number of benzene rings is 1. The molecule has 1 saturated heterocycles. The summed E-state index contributed by atoms with van der Waals surface area (Å²) in [6.45, 7) is 6.61. The average molecular weight is 346 g/mol. The van der Waals surface area contributed by atoms with Crippen LogP contribution in [-0.2, 0) is 11.2 Å². The molecule has 0 aromatic heterocycles. The van der Waals surface area contributed by atoms with Crippen LogP contribution in [0.5, 0.6) is 0 Å². The van der Waals surface area contributed by atoms with Crippen LogP contribution in [0.15, 0.2) is 24.3 Å². The van der Waals surface area contributed by atoms with Gasteiger partial charge in [-0.1, -0.05) is 18.2 Å². The number of para-hydroxylation sites is 1. The number of nitrogens with zero attached hydrogens (tertiary/aromatic N) is 2. The van der Waals surface area contributed by atoms with Crippen LogP contribution >= 0.6 is 24.8 Å². The number of hydrogen-bond acceptors (Lipinski definition) is 3. The Balaban J connectivity index is 0.00000121. The Labute approximate surface area is 145 Å². The van der Waals surface area contributed by atoms with Crippen molar-refractivity contribution in [1.29, 1.82) is 0 Å². The number of carbonyl (C=O) groups is 1. The van der Waals surface area contributed by atoms with Gasteiger partial charge in [-0.2, -0.15) is 0 Å². The van der Waals surface area contributed by atoms with Crippen LogP contribution in [0.25, 0.3) is 0 Å². The van der Waals surface area contributed by atoms with Gasteiger partial charge < -0.3 is 10.2 Å². The Morgan fingerprint density at radius 2 is 1.91 bits per heavy atom. The Hall–Kier alpha value is -0.810. The number of rotatable bonds is 2. The molecule has 1 unspecified atom stereocenters. The van der Waals surface area contributed by atoms with E-state index in [-0.39, 0.29) is 30.7 Å². The molecular weight excluding hydrogens is 321 g/mol. The van der Waals surface area contributed by atoms with Crippen LogP contribution < -0.4 is 10.2 Å². The van der Waals surface area contributed by atoms with Gasteiger partial charge in [-0.3, -0.25) is 9.69 Å². The van der Waals surface area contributed by atoms with Crippen molar-refractivity contribution in [1.82, 2.24) is 10.2 Å². The minimum Gasteiger partial charge on any atom is -0.314 e. The van der Waals surface area contributed by atoms with E-state index in [4.69, 9.17) is 0 Å². The number of nitrogens with one attached hydrogen (secondary N) is 1. The molecule has 1 aromatic rings. The molecule has 4 nitrogen and oxygen atoms in total. The summed E-state index contributed by atoms with van der Waals surface area (Å²) in [6, 6.07) is 8.63. The number of aryl methyl sites for hydroxylation is 1. The SMILES string of the molecule is CC1CCc2ccccc2N1C(=O)CN1CCNCC1.Cl.Cl. The van der Waals surface area contributed by atoms with Crippen molar-refractivity contribution in [3.8, 4) is 0 Å². The molecule has 2 aliphatic rings. The van der Waals surface area contributed by atoms with Gasteiger partial charge in [0.25, 0.3) is 0 Å².